The summed E-state index contributed by atoms with van der Waals surface area (Å²) in [6, 6.07) is 12.0. The van der Waals surface area contributed by atoms with Crippen LogP contribution in [0, 0.1) is 0 Å². The second-order valence-corrected chi connectivity index (χ2v) is 6.75. The van der Waals surface area contributed by atoms with E-state index in [0.29, 0.717) is 22.8 Å². The second-order valence-electron chi connectivity index (χ2n) is 5.88. The van der Waals surface area contributed by atoms with Gasteiger partial charge in [0.05, 0.1) is 27.3 Å². The van der Waals surface area contributed by atoms with Gasteiger partial charge in [-0.05, 0) is 17.7 Å². The summed E-state index contributed by atoms with van der Waals surface area (Å²) in [4.78, 5) is 24.6. The predicted molar refractivity (Wildman–Crippen MR) is 108 cm³/mol. The second kappa shape index (κ2) is 8.66. The number of carbonyl (C=O) groups is 2. The first-order chi connectivity index (χ1) is 14.0. The molecule has 2 aromatic carbocycles. The Morgan fingerprint density at radius 1 is 0.966 bits per heavy atom. The Morgan fingerprint density at radius 2 is 1.59 bits per heavy atom. The van der Waals surface area contributed by atoms with Crippen LogP contribution in [0.2, 0.25) is 0 Å². The van der Waals surface area contributed by atoms with Crippen LogP contribution in [0.3, 0.4) is 0 Å². The van der Waals surface area contributed by atoms with E-state index in [1.807, 2.05) is 6.07 Å². The molecular weight excluding hydrogens is 394 g/mol. The zero-order chi connectivity index (χ0) is 21.0. The molecule has 0 bridgehead atoms. The molecule has 0 atom stereocenters. The van der Waals surface area contributed by atoms with Crippen molar-refractivity contribution in [3.63, 3.8) is 0 Å². The van der Waals surface area contributed by atoms with Crippen molar-refractivity contribution in [2.75, 3.05) is 26.6 Å². The highest BCUT2D eigenvalue weighted by atomic mass is 32.1. The zero-order valence-corrected chi connectivity index (χ0v) is 16.8. The number of anilines is 1. The molecule has 0 aliphatic heterocycles. The molecule has 8 heteroatoms. The molecule has 1 heterocycles. The molecule has 0 spiro atoms. The maximum absolute atomic E-state index is 12.8. The fourth-order valence-electron chi connectivity index (χ4n) is 2.87. The number of thiophene rings is 1. The summed E-state index contributed by atoms with van der Waals surface area (Å²) in [5.41, 5.74) is 1.35. The lowest BCUT2D eigenvalue weighted by atomic mass is 10.0. The number of amides is 1. The number of carboxylic acids is 1. The Balaban J connectivity index is 1.98. The van der Waals surface area contributed by atoms with Crippen LogP contribution in [0.25, 0.3) is 11.1 Å². The Hall–Kier alpha value is -3.52. The molecule has 3 aromatic rings. The number of methoxy groups -OCH3 is 3. The molecule has 1 aromatic heterocycles. The van der Waals surface area contributed by atoms with Crippen LogP contribution < -0.4 is 24.6 Å². The quantitative estimate of drug-likeness (QED) is 0.641. The van der Waals surface area contributed by atoms with Gasteiger partial charge >= 0.3 is 0 Å². The third-order valence-corrected chi connectivity index (χ3v) is 5.13. The first-order valence-electron chi connectivity index (χ1n) is 8.49. The molecule has 1 N–H and O–H groups in total. The van der Waals surface area contributed by atoms with E-state index in [9.17, 15) is 14.7 Å². The van der Waals surface area contributed by atoms with Crippen LogP contribution in [-0.4, -0.2) is 33.2 Å². The summed E-state index contributed by atoms with van der Waals surface area (Å²) in [5.74, 6) is -0.912. The largest absolute Gasteiger partial charge is 0.545 e. The van der Waals surface area contributed by atoms with Gasteiger partial charge in [0.2, 0.25) is 5.75 Å². The summed E-state index contributed by atoms with van der Waals surface area (Å²) >= 11 is 1.11. The molecule has 150 valence electrons. The number of nitrogens with one attached hydrogen (secondary N) is 1. The molecule has 29 heavy (non-hydrogen) atoms. The number of benzene rings is 2. The lowest BCUT2D eigenvalue weighted by Gasteiger charge is -2.14. The van der Waals surface area contributed by atoms with Crippen molar-refractivity contribution >= 4 is 28.2 Å². The Bertz CT molecular complexity index is 1020. The number of carbonyl (C=O) groups excluding carboxylic acids is 2. The van der Waals surface area contributed by atoms with Crippen LogP contribution in [0.5, 0.6) is 17.2 Å². The van der Waals surface area contributed by atoms with Crippen molar-refractivity contribution < 1.29 is 28.9 Å². The molecule has 0 saturated heterocycles. The van der Waals surface area contributed by atoms with Crippen molar-refractivity contribution in [2.45, 2.75) is 0 Å². The van der Waals surface area contributed by atoms with Gasteiger partial charge in [0.15, 0.2) is 11.5 Å². The van der Waals surface area contributed by atoms with Crippen LogP contribution in [-0.2, 0) is 0 Å². The molecule has 1 amide bonds. The Morgan fingerprint density at radius 3 is 2.10 bits per heavy atom. The van der Waals surface area contributed by atoms with Crippen molar-refractivity contribution in [1.29, 1.82) is 0 Å². The Labute approximate surface area is 171 Å². The van der Waals surface area contributed by atoms with Crippen molar-refractivity contribution in [3.05, 3.63) is 59.0 Å². The molecule has 0 radical (unpaired) electrons. The van der Waals surface area contributed by atoms with E-state index in [4.69, 9.17) is 14.2 Å². The lowest BCUT2D eigenvalue weighted by molar-refractivity contribution is -0.254. The van der Waals surface area contributed by atoms with E-state index < -0.39 is 11.9 Å². The zero-order valence-electron chi connectivity index (χ0n) is 16.0. The van der Waals surface area contributed by atoms with Crippen LogP contribution in [0.15, 0.2) is 47.8 Å². The summed E-state index contributed by atoms with van der Waals surface area (Å²) in [5, 5.41) is 16.3. The SMILES string of the molecule is COc1cc(C(=O)Nc2scc(-c3ccccc3)c2C(=O)[O-])cc(OC)c1OC. The van der Waals surface area contributed by atoms with Gasteiger partial charge in [0.25, 0.3) is 5.91 Å². The molecule has 0 fully saturated rings. The van der Waals surface area contributed by atoms with Gasteiger partial charge in [0.1, 0.15) is 5.00 Å². The van der Waals surface area contributed by atoms with E-state index >= 15 is 0 Å². The van der Waals surface area contributed by atoms with Crippen molar-refractivity contribution in [3.8, 4) is 28.4 Å². The number of aromatic carboxylic acids is 1. The van der Waals surface area contributed by atoms with Crippen LogP contribution in [0.1, 0.15) is 20.7 Å². The van der Waals surface area contributed by atoms with Gasteiger partial charge in [-0.3, -0.25) is 4.79 Å². The lowest BCUT2D eigenvalue weighted by Crippen LogP contribution is -2.24. The minimum absolute atomic E-state index is 0.0676. The molecule has 0 saturated carbocycles. The van der Waals surface area contributed by atoms with E-state index in [1.54, 1.807) is 29.6 Å². The van der Waals surface area contributed by atoms with E-state index in [-0.39, 0.29) is 16.1 Å². The predicted octanol–water partition coefficient (Wildman–Crippen LogP) is 3.06. The average Bonchev–Trinajstić information content (AvgIpc) is 3.16. The van der Waals surface area contributed by atoms with E-state index in [2.05, 4.69) is 5.32 Å². The number of rotatable bonds is 7. The van der Waals surface area contributed by atoms with Crippen molar-refractivity contribution in [1.82, 2.24) is 0 Å². The van der Waals surface area contributed by atoms with E-state index in [0.717, 1.165) is 16.9 Å². The van der Waals surface area contributed by atoms with Gasteiger partial charge in [-0.2, -0.15) is 0 Å². The third-order valence-electron chi connectivity index (χ3n) is 4.23. The highest BCUT2D eigenvalue weighted by molar-refractivity contribution is 7.15. The highest BCUT2D eigenvalue weighted by Gasteiger charge is 2.20. The molecule has 0 unspecified atom stereocenters. The summed E-state index contributed by atoms with van der Waals surface area (Å²) in [6.07, 6.45) is 0. The molecule has 7 nitrogen and oxygen atoms in total. The average molecular weight is 412 g/mol. The first kappa shape index (κ1) is 20.2. The standard InChI is InChI=1S/C21H19NO6S/c1-26-15-9-13(10-16(27-2)18(15)28-3)19(23)22-20-17(21(24)25)14(11-29-20)12-7-5-4-6-8-12/h4-11H,1-3H3,(H,22,23)(H,24,25)/p-1. The smallest absolute Gasteiger partial charge is 0.256 e. The Kier molecular flexibility index (Phi) is 6.04. The number of hydrogen-bond donors (Lipinski definition) is 1. The minimum atomic E-state index is -1.37. The number of hydrogen-bond acceptors (Lipinski definition) is 7. The van der Waals surface area contributed by atoms with Gasteiger partial charge in [0, 0.05) is 22.1 Å². The summed E-state index contributed by atoms with van der Waals surface area (Å²) in [7, 11) is 4.35. The van der Waals surface area contributed by atoms with E-state index in [1.165, 1.54) is 33.5 Å². The number of ether oxygens (including phenoxy) is 3. The molecule has 3 rings (SSSR count). The number of carboxylic acid groups (broad SMARTS) is 1. The minimum Gasteiger partial charge on any atom is -0.545 e. The summed E-state index contributed by atoms with van der Waals surface area (Å²) in [6.45, 7) is 0. The van der Waals surface area contributed by atoms with Gasteiger partial charge in [-0.25, -0.2) is 0 Å². The van der Waals surface area contributed by atoms with Crippen molar-refractivity contribution in [2.24, 2.45) is 0 Å². The third kappa shape index (κ3) is 4.02. The van der Waals surface area contributed by atoms with Crippen LogP contribution in [0.4, 0.5) is 5.00 Å². The maximum atomic E-state index is 12.8. The summed E-state index contributed by atoms with van der Waals surface area (Å²) < 4.78 is 15.8. The van der Waals surface area contributed by atoms with Gasteiger partial charge in [-0.1, -0.05) is 30.3 Å². The van der Waals surface area contributed by atoms with Crippen LogP contribution >= 0.6 is 11.3 Å². The highest BCUT2D eigenvalue weighted by Crippen LogP contribution is 2.39. The normalized spacial score (nSPS) is 10.3. The molecular formula is C21H18NO6S-. The van der Waals surface area contributed by atoms with Gasteiger partial charge in [-0.15, -0.1) is 11.3 Å². The monoisotopic (exact) mass is 412 g/mol. The van der Waals surface area contributed by atoms with Gasteiger partial charge < -0.3 is 29.4 Å². The molecule has 0 aliphatic rings. The first-order valence-corrected chi connectivity index (χ1v) is 9.37. The topological polar surface area (TPSA) is 96.9 Å². The fourth-order valence-corrected chi connectivity index (χ4v) is 3.82. The fraction of sp³-hybridized carbons (Fsp3) is 0.143. The molecule has 0 aliphatic carbocycles. The maximum Gasteiger partial charge on any atom is 0.256 e.